The molecule has 12 heavy (non-hydrogen) atoms. The summed E-state index contributed by atoms with van der Waals surface area (Å²) >= 11 is 0. The second kappa shape index (κ2) is 3.32. The Bertz CT molecular complexity index is 157. The highest BCUT2D eigenvalue weighted by Crippen LogP contribution is 2.38. The first-order chi connectivity index (χ1) is 5.58. The van der Waals surface area contributed by atoms with Gasteiger partial charge < -0.3 is 15.5 Å². The van der Waals surface area contributed by atoms with Gasteiger partial charge >= 0.3 is 0 Å². The molecule has 0 radical (unpaired) electrons. The smallest absolute Gasteiger partial charge is 0.0970 e. The first-order valence-electron chi connectivity index (χ1n) is 4.62. The maximum absolute atomic E-state index is 10.0. The molecule has 0 saturated carbocycles. The van der Waals surface area contributed by atoms with E-state index < -0.39 is 5.60 Å². The van der Waals surface area contributed by atoms with Gasteiger partial charge in [0.15, 0.2) is 0 Å². The van der Waals surface area contributed by atoms with Crippen molar-refractivity contribution in [2.75, 3.05) is 19.7 Å². The van der Waals surface area contributed by atoms with Crippen LogP contribution in [0, 0.1) is 5.41 Å². The minimum atomic E-state index is -0.683. The molecule has 1 atom stereocenters. The van der Waals surface area contributed by atoms with Crippen LogP contribution in [0.25, 0.3) is 0 Å². The molecule has 0 aromatic heterocycles. The van der Waals surface area contributed by atoms with Crippen LogP contribution in [0.15, 0.2) is 0 Å². The molecule has 3 N–H and O–H groups in total. The highest BCUT2D eigenvalue weighted by Gasteiger charge is 2.49. The van der Waals surface area contributed by atoms with E-state index in [0.717, 1.165) is 12.8 Å². The van der Waals surface area contributed by atoms with E-state index >= 15 is 0 Å². The number of nitrogens with one attached hydrogen (secondary N) is 1. The van der Waals surface area contributed by atoms with Gasteiger partial charge in [0.05, 0.1) is 12.2 Å². The predicted octanol–water partition coefficient (Wildman–Crippen LogP) is 0.119. The minimum absolute atomic E-state index is 0.0685. The Kier molecular flexibility index (Phi) is 2.76. The van der Waals surface area contributed by atoms with Crippen LogP contribution in [0.1, 0.15) is 26.7 Å². The summed E-state index contributed by atoms with van der Waals surface area (Å²) in [5.74, 6) is 0. The van der Waals surface area contributed by atoms with E-state index in [-0.39, 0.29) is 12.0 Å². The van der Waals surface area contributed by atoms with Crippen molar-refractivity contribution in [2.24, 2.45) is 5.41 Å². The molecule has 0 spiro atoms. The summed E-state index contributed by atoms with van der Waals surface area (Å²) in [6.45, 7) is 5.33. The molecule has 3 nitrogen and oxygen atoms in total. The van der Waals surface area contributed by atoms with Gasteiger partial charge in [0.2, 0.25) is 0 Å². The van der Waals surface area contributed by atoms with Gasteiger partial charge in [-0.05, 0) is 6.42 Å². The lowest BCUT2D eigenvalue weighted by atomic mass is 9.68. The van der Waals surface area contributed by atoms with Gasteiger partial charge in [-0.3, -0.25) is 0 Å². The Hall–Kier alpha value is -0.120. The first-order valence-corrected chi connectivity index (χ1v) is 4.62. The van der Waals surface area contributed by atoms with Crippen molar-refractivity contribution in [3.05, 3.63) is 0 Å². The van der Waals surface area contributed by atoms with E-state index in [9.17, 15) is 10.2 Å². The zero-order chi connectivity index (χ0) is 9.24. The maximum Gasteiger partial charge on any atom is 0.0970 e. The van der Waals surface area contributed by atoms with Gasteiger partial charge in [-0.25, -0.2) is 0 Å². The summed E-state index contributed by atoms with van der Waals surface area (Å²) < 4.78 is 0. The molecule has 1 heterocycles. The van der Waals surface area contributed by atoms with Crippen LogP contribution in [0.3, 0.4) is 0 Å². The highest BCUT2D eigenvalue weighted by molar-refractivity contribution is 5.04. The number of aliphatic hydroxyl groups excluding tert-OH is 1. The molecule has 0 aliphatic carbocycles. The molecular formula is C9H19NO2. The second-order valence-electron chi connectivity index (χ2n) is 4.10. The first kappa shape index (κ1) is 9.96. The van der Waals surface area contributed by atoms with Crippen LogP contribution < -0.4 is 5.32 Å². The summed E-state index contributed by atoms with van der Waals surface area (Å²) in [5.41, 5.74) is -1.01. The average molecular weight is 173 g/mol. The molecule has 72 valence electrons. The van der Waals surface area contributed by atoms with Gasteiger partial charge in [-0.1, -0.05) is 20.3 Å². The summed E-state index contributed by atoms with van der Waals surface area (Å²) in [7, 11) is 0. The fraction of sp³-hybridized carbons (Fsp3) is 1.00. The van der Waals surface area contributed by atoms with Crippen molar-refractivity contribution in [2.45, 2.75) is 32.3 Å². The zero-order valence-corrected chi connectivity index (χ0v) is 7.93. The van der Waals surface area contributed by atoms with Crippen molar-refractivity contribution >= 4 is 0 Å². The number of hydrogen-bond acceptors (Lipinski definition) is 3. The van der Waals surface area contributed by atoms with Gasteiger partial charge in [0.25, 0.3) is 0 Å². The summed E-state index contributed by atoms with van der Waals surface area (Å²) in [4.78, 5) is 0. The van der Waals surface area contributed by atoms with Crippen molar-refractivity contribution in [3.63, 3.8) is 0 Å². The molecule has 1 rings (SSSR count). The minimum Gasteiger partial charge on any atom is -0.396 e. The third-order valence-electron chi connectivity index (χ3n) is 3.11. The lowest BCUT2D eigenvalue weighted by Crippen LogP contribution is -2.68. The predicted molar refractivity (Wildman–Crippen MR) is 47.9 cm³/mol. The third-order valence-corrected chi connectivity index (χ3v) is 3.11. The molecule has 0 bridgehead atoms. The number of β-amino-alcohol motifs (C(OH)–C–C–N with tert-alkyl or cyclic N) is 1. The second-order valence-corrected chi connectivity index (χ2v) is 4.10. The molecule has 1 fully saturated rings. The van der Waals surface area contributed by atoms with Crippen molar-refractivity contribution in [3.8, 4) is 0 Å². The third kappa shape index (κ3) is 1.37. The fourth-order valence-electron chi connectivity index (χ4n) is 1.80. The molecule has 0 amide bonds. The number of hydrogen-bond donors (Lipinski definition) is 3. The molecule has 0 aromatic carbocycles. The molecular weight excluding hydrogens is 154 g/mol. The largest absolute Gasteiger partial charge is 0.396 e. The Morgan fingerprint density at radius 2 is 2.08 bits per heavy atom. The van der Waals surface area contributed by atoms with Gasteiger partial charge in [-0.2, -0.15) is 0 Å². The summed E-state index contributed by atoms with van der Waals surface area (Å²) in [6.07, 6.45) is 1.88. The lowest BCUT2D eigenvalue weighted by Gasteiger charge is -2.50. The van der Waals surface area contributed by atoms with E-state index in [1.807, 2.05) is 6.92 Å². The lowest BCUT2D eigenvalue weighted by molar-refractivity contribution is -0.135. The SMILES string of the molecule is CCCC(C)(CO)C1(O)CNC1. The topological polar surface area (TPSA) is 52.5 Å². The summed E-state index contributed by atoms with van der Waals surface area (Å²) in [5, 5.41) is 22.3. The van der Waals surface area contributed by atoms with E-state index in [4.69, 9.17) is 0 Å². The van der Waals surface area contributed by atoms with Crippen molar-refractivity contribution in [1.29, 1.82) is 0 Å². The van der Waals surface area contributed by atoms with E-state index in [1.165, 1.54) is 0 Å². The van der Waals surface area contributed by atoms with E-state index in [0.29, 0.717) is 13.1 Å². The molecule has 1 aliphatic heterocycles. The zero-order valence-electron chi connectivity index (χ0n) is 7.93. The van der Waals surface area contributed by atoms with Crippen LogP contribution in [-0.2, 0) is 0 Å². The number of aliphatic hydroxyl groups is 2. The number of rotatable bonds is 4. The van der Waals surface area contributed by atoms with Gasteiger partial charge in [0.1, 0.15) is 0 Å². The fourth-order valence-corrected chi connectivity index (χ4v) is 1.80. The van der Waals surface area contributed by atoms with Crippen molar-refractivity contribution in [1.82, 2.24) is 5.32 Å². The Balaban J connectivity index is 2.64. The van der Waals surface area contributed by atoms with Crippen LogP contribution in [0.2, 0.25) is 0 Å². The Labute approximate surface area is 73.8 Å². The van der Waals surface area contributed by atoms with Crippen LogP contribution >= 0.6 is 0 Å². The standard InChI is InChI=1S/C9H19NO2/c1-3-4-8(2,7-11)9(12)5-10-6-9/h10-12H,3-7H2,1-2H3. The highest BCUT2D eigenvalue weighted by atomic mass is 16.3. The van der Waals surface area contributed by atoms with Gasteiger partial charge in [0, 0.05) is 18.5 Å². The summed E-state index contributed by atoms with van der Waals surface area (Å²) in [6, 6.07) is 0. The van der Waals surface area contributed by atoms with Crippen LogP contribution in [0.4, 0.5) is 0 Å². The molecule has 1 saturated heterocycles. The van der Waals surface area contributed by atoms with Crippen molar-refractivity contribution < 1.29 is 10.2 Å². The molecule has 1 aliphatic rings. The average Bonchev–Trinajstić information content (AvgIpc) is 2.00. The van der Waals surface area contributed by atoms with E-state index in [1.54, 1.807) is 0 Å². The quantitative estimate of drug-likeness (QED) is 0.566. The normalized spacial score (nSPS) is 26.0. The van der Waals surface area contributed by atoms with Gasteiger partial charge in [-0.15, -0.1) is 0 Å². The van der Waals surface area contributed by atoms with E-state index in [2.05, 4.69) is 12.2 Å². The maximum atomic E-state index is 10.0. The Morgan fingerprint density at radius 3 is 2.33 bits per heavy atom. The monoisotopic (exact) mass is 173 g/mol. The molecule has 3 heteroatoms. The van der Waals surface area contributed by atoms with Crippen LogP contribution in [-0.4, -0.2) is 35.5 Å². The molecule has 1 unspecified atom stereocenters. The molecule has 0 aromatic rings. The Morgan fingerprint density at radius 1 is 1.50 bits per heavy atom. The van der Waals surface area contributed by atoms with Crippen LogP contribution in [0.5, 0.6) is 0 Å².